The predicted molar refractivity (Wildman–Crippen MR) is 184 cm³/mol. The van der Waals surface area contributed by atoms with E-state index in [4.69, 9.17) is 15.3 Å². The number of ether oxygens (including phenoxy) is 2. The number of hydrazine groups is 1. The van der Waals surface area contributed by atoms with Crippen LogP contribution in [-0.2, 0) is 9.47 Å². The molecule has 0 aliphatic heterocycles. The van der Waals surface area contributed by atoms with E-state index in [-0.39, 0.29) is 46.9 Å². The molecule has 0 saturated heterocycles. The van der Waals surface area contributed by atoms with E-state index in [1.165, 1.54) is 0 Å². The molecule has 4 aliphatic carbocycles. The van der Waals surface area contributed by atoms with Crippen LogP contribution in [0.25, 0.3) is 0 Å². The van der Waals surface area contributed by atoms with E-state index in [0.717, 1.165) is 62.8 Å². The van der Waals surface area contributed by atoms with Crippen molar-refractivity contribution in [3.63, 3.8) is 0 Å². The van der Waals surface area contributed by atoms with Gasteiger partial charge in [0.2, 0.25) is 0 Å². The molecule has 2 heterocycles. The van der Waals surface area contributed by atoms with E-state index in [2.05, 4.69) is 37.4 Å². The Balaban J connectivity index is 0.000000243. The first kappa shape index (κ1) is 38.6. The highest BCUT2D eigenvalue weighted by atomic mass is 16.6. The minimum absolute atomic E-state index is 0. The number of carbonyl (C=O) groups excluding carboxylic acids is 3. The highest BCUT2D eigenvalue weighted by Crippen LogP contribution is 2.60. The second-order valence-electron chi connectivity index (χ2n) is 15.8. The van der Waals surface area contributed by atoms with Gasteiger partial charge in [-0.1, -0.05) is 0 Å². The highest BCUT2D eigenvalue weighted by Gasteiger charge is 2.56. The lowest BCUT2D eigenvalue weighted by Crippen LogP contribution is -2.57. The fourth-order valence-corrected chi connectivity index (χ4v) is 7.73. The molecular formula is C34H56N8O6. The van der Waals surface area contributed by atoms with Crippen molar-refractivity contribution in [3.8, 4) is 0 Å². The molecule has 6 rings (SSSR count). The third kappa shape index (κ3) is 9.60. The first-order valence-corrected chi connectivity index (χ1v) is 16.5. The molecule has 0 radical (unpaired) electrons. The molecule has 4 saturated carbocycles. The third-order valence-electron chi connectivity index (χ3n) is 9.51. The van der Waals surface area contributed by atoms with Crippen molar-refractivity contribution in [3.05, 3.63) is 48.0 Å². The Hall–Kier alpha value is -3.88. The van der Waals surface area contributed by atoms with Crippen LogP contribution < -0.4 is 28.2 Å². The molecule has 268 valence electrons. The van der Waals surface area contributed by atoms with Crippen molar-refractivity contribution >= 4 is 23.7 Å². The van der Waals surface area contributed by atoms with E-state index >= 15 is 0 Å². The Morgan fingerprint density at radius 1 is 0.729 bits per heavy atom. The quantitative estimate of drug-likeness (QED) is 0.102. The summed E-state index contributed by atoms with van der Waals surface area (Å²) in [6.45, 7) is 11.2. The summed E-state index contributed by atoms with van der Waals surface area (Å²) in [5.41, 5.74) is 2.40. The van der Waals surface area contributed by atoms with Crippen LogP contribution in [0, 0.1) is 22.7 Å². The van der Waals surface area contributed by atoms with Crippen molar-refractivity contribution in [2.45, 2.75) is 116 Å². The summed E-state index contributed by atoms with van der Waals surface area (Å²) in [5, 5.41) is 9.86. The average Bonchev–Trinajstić information content (AvgIpc) is 3.61. The van der Waals surface area contributed by atoms with E-state index < -0.39 is 11.2 Å². The number of aromatic nitrogens is 2. The van der Waals surface area contributed by atoms with Crippen LogP contribution in [0.5, 0.6) is 0 Å². The number of hydrazone groups is 1. The van der Waals surface area contributed by atoms with Gasteiger partial charge in [-0.05, 0) is 128 Å². The predicted octanol–water partition coefficient (Wildman–Crippen LogP) is 4.04. The lowest BCUT2D eigenvalue weighted by Gasteiger charge is -2.57. The molecule has 12 N–H and O–H groups in total. The zero-order valence-corrected chi connectivity index (χ0v) is 29.2. The van der Waals surface area contributed by atoms with Gasteiger partial charge >= 0.3 is 12.2 Å². The number of H-pyrrole nitrogens is 2. The van der Waals surface area contributed by atoms with Gasteiger partial charge in [-0.3, -0.25) is 16.5 Å². The summed E-state index contributed by atoms with van der Waals surface area (Å²) >= 11 is 0. The van der Waals surface area contributed by atoms with Gasteiger partial charge in [-0.15, -0.1) is 0 Å². The van der Waals surface area contributed by atoms with Crippen LogP contribution in [-0.4, -0.2) is 62.4 Å². The lowest BCUT2D eigenvalue weighted by atomic mass is 9.49. The second kappa shape index (κ2) is 15.1. The summed E-state index contributed by atoms with van der Waals surface area (Å²) in [7, 11) is 0. The van der Waals surface area contributed by atoms with Gasteiger partial charge in [0.1, 0.15) is 11.2 Å². The molecule has 0 unspecified atom stereocenters. The Morgan fingerprint density at radius 3 is 1.48 bits per heavy atom. The van der Waals surface area contributed by atoms with Crippen molar-refractivity contribution in [1.29, 1.82) is 0 Å². The van der Waals surface area contributed by atoms with Crippen molar-refractivity contribution in [2.24, 2.45) is 45.3 Å². The standard InChI is InChI=1S/C17H26N4O2.C17H24N2O3.H4N2.H2O/c1-16(2,3)23-15(22)20-12-9-17(10-12)7-11(8-17)14(21-18)13-5-4-6-19-13;1-16(2,3)22-15(21)19-12-9-17(10-12)7-11(8-17)14(20)13-5-4-6-18-13;1-2;/h4-6,11-12,19H,7-10,18H2,1-3H3,(H,20,22);4-6,11-12,18H,7-10H2,1-3H3,(H,19,21);1-2H2;1H2/b21-14+;;;. The minimum atomic E-state index is -0.463. The van der Waals surface area contributed by atoms with Crippen molar-refractivity contribution in [1.82, 2.24) is 20.6 Å². The van der Waals surface area contributed by atoms with Gasteiger partial charge in [-0.25, -0.2) is 9.59 Å². The Bertz CT molecular complexity index is 1370. The monoisotopic (exact) mass is 672 g/mol. The number of alkyl carbamates (subject to hydrolysis) is 2. The highest BCUT2D eigenvalue weighted by molar-refractivity contribution is 6.01. The molecule has 2 spiro atoms. The largest absolute Gasteiger partial charge is 0.444 e. The zero-order chi connectivity index (χ0) is 34.6. The number of hydrogen-bond donors (Lipinski definition) is 7. The lowest BCUT2D eigenvalue weighted by molar-refractivity contribution is -0.0412. The summed E-state index contributed by atoms with van der Waals surface area (Å²) in [4.78, 5) is 41.9. The smallest absolute Gasteiger partial charge is 0.407 e. The van der Waals surface area contributed by atoms with E-state index in [9.17, 15) is 14.4 Å². The Morgan fingerprint density at radius 2 is 1.12 bits per heavy atom. The SMILES string of the molecule is CC(C)(C)OC(=O)NC1CC2(C1)CC(/C(=N\N)c1ccc[nH]1)C2.CC(C)(C)OC(=O)NC1CC2(C1)CC(C(=O)c1ccc[nH]1)C2.NN.O. The molecular weight excluding hydrogens is 616 g/mol. The van der Waals surface area contributed by atoms with Crippen molar-refractivity contribution < 1.29 is 29.3 Å². The van der Waals surface area contributed by atoms with Crippen LogP contribution in [0.1, 0.15) is 109 Å². The van der Waals surface area contributed by atoms with Crippen LogP contribution in [0.4, 0.5) is 9.59 Å². The molecule has 14 nitrogen and oxygen atoms in total. The van der Waals surface area contributed by atoms with Crippen LogP contribution >= 0.6 is 0 Å². The van der Waals surface area contributed by atoms with Gasteiger partial charge in [0.05, 0.1) is 17.1 Å². The Labute approximate surface area is 283 Å². The zero-order valence-electron chi connectivity index (χ0n) is 29.2. The number of amides is 2. The second-order valence-corrected chi connectivity index (χ2v) is 15.8. The average molecular weight is 673 g/mol. The molecule has 0 aromatic carbocycles. The summed E-state index contributed by atoms with van der Waals surface area (Å²) in [6.07, 6.45) is 11.0. The van der Waals surface area contributed by atoms with Gasteiger partial charge in [0.15, 0.2) is 5.78 Å². The fourth-order valence-electron chi connectivity index (χ4n) is 7.73. The number of rotatable bonds is 6. The molecule has 2 aromatic rings. The maximum atomic E-state index is 12.2. The number of ketones is 1. The topological polar surface area (TPSA) is 247 Å². The molecule has 14 heteroatoms. The maximum absolute atomic E-state index is 12.2. The first-order valence-electron chi connectivity index (χ1n) is 16.5. The first-order chi connectivity index (χ1) is 22.1. The molecule has 48 heavy (non-hydrogen) atoms. The molecule has 2 amide bonds. The molecule has 0 atom stereocenters. The summed E-state index contributed by atoms with van der Waals surface area (Å²) < 4.78 is 10.6. The number of Topliss-reactive ketones (excluding diaryl/α,β-unsaturated/α-hetero) is 1. The van der Waals surface area contributed by atoms with Crippen LogP contribution in [0.15, 0.2) is 41.8 Å². The number of hydrogen-bond acceptors (Lipinski definition) is 9. The van der Waals surface area contributed by atoms with Crippen molar-refractivity contribution in [2.75, 3.05) is 0 Å². The molecule has 4 aliphatic rings. The number of nitrogens with one attached hydrogen (secondary N) is 4. The summed E-state index contributed by atoms with van der Waals surface area (Å²) in [6, 6.07) is 8.07. The fraction of sp³-hybridized carbons (Fsp3) is 0.647. The third-order valence-corrected chi connectivity index (χ3v) is 9.51. The van der Waals surface area contributed by atoms with E-state index in [1.54, 1.807) is 6.20 Å². The van der Waals surface area contributed by atoms with E-state index in [0.29, 0.717) is 17.0 Å². The van der Waals surface area contributed by atoms with Crippen LogP contribution in [0.2, 0.25) is 0 Å². The summed E-state index contributed by atoms with van der Waals surface area (Å²) in [5.74, 6) is 14.3. The van der Waals surface area contributed by atoms with E-state index in [1.807, 2.05) is 72.0 Å². The van der Waals surface area contributed by atoms with Gasteiger partial charge < -0.3 is 41.4 Å². The normalized spacial score (nSPS) is 28.6. The number of aromatic amines is 2. The van der Waals surface area contributed by atoms with Gasteiger partial charge in [0.25, 0.3) is 0 Å². The maximum Gasteiger partial charge on any atom is 0.407 e. The van der Waals surface area contributed by atoms with Gasteiger partial charge in [-0.2, -0.15) is 5.10 Å². The molecule has 0 bridgehead atoms. The van der Waals surface area contributed by atoms with Gasteiger partial charge in [0, 0.05) is 36.3 Å². The molecule has 4 fully saturated rings. The minimum Gasteiger partial charge on any atom is -0.444 e. The number of nitrogens with two attached hydrogens (primary N) is 3. The number of nitrogens with zero attached hydrogens (tertiary/aromatic N) is 1. The Kier molecular flexibility index (Phi) is 12.2. The number of carbonyl (C=O) groups is 3. The molecule has 2 aromatic heterocycles. The van der Waals surface area contributed by atoms with Crippen LogP contribution in [0.3, 0.4) is 0 Å².